The normalized spacial score (nSPS) is 17.1. The number of nitrogen functional groups attached to an aromatic ring is 1. The molecule has 0 saturated carbocycles. The zero-order valence-corrected chi connectivity index (χ0v) is 15.4. The molecule has 0 spiro atoms. The molecule has 5 nitrogen and oxygen atoms in total. The first kappa shape index (κ1) is 17.5. The Kier molecular flexibility index (Phi) is 5.30. The number of hydrogen-bond donors (Lipinski definition) is 2. The largest absolute Gasteiger partial charge is 0.383 e. The maximum absolute atomic E-state index is 5.73. The van der Waals surface area contributed by atoms with Crippen molar-refractivity contribution in [3.63, 3.8) is 0 Å². The highest BCUT2D eigenvalue weighted by atomic mass is 15.2. The van der Waals surface area contributed by atoms with E-state index in [2.05, 4.69) is 68.7 Å². The van der Waals surface area contributed by atoms with Crippen LogP contribution in [0.3, 0.4) is 0 Å². The minimum absolute atomic E-state index is 0.310. The number of rotatable bonds is 6. The first-order chi connectivity index (χ1) is 13.3. The summed E-state index contributed by atoms with van der Waals surface area (Å²) in [6, 6.07) is 21.5. The molecule has 2 aromatic carbocycles. The number of para-hydroxylation sites is 1. The van der Waals surface area contributed by atoms with Crippen LogP contribution in [0.1, 0.15) is 18.4 Å². The van der Waals surface area contributed by atoms with Crippen molar-refractivity contribution in [1.82, 2.24) is 14.9 Å². The van der Waals surface area contributed by atoms with Crippen molar-refractivity contribution in [3.05, 3.63) is 72.4 Å². The highest BCUT2D eigenvalue weighted by Crippen LogP contribution is 2.23. The molecule has 27 heavy (non-hydrogen) atoms. The van der Waals surface area contributed by atoms with Gasteiger partial charge in [0, 0.05) is 36.6 Å². The molecule has 3 N–H and O–H groups in total. The van der Waals surface area contributed by atoms with Gasteiger partial charge in [-0.25, -0.2) is 9.97 Å². The van der Waals surface area contributed by atoms with Gasteiger partial charge in [-0.3, -0.25) is 4.90 Å². The van der Waals surface area contributed by atoms with Gasteiger partial charge in [0.15, 0.2) is 0 Å². The van der Waals surface area contributed by atoms with E-state index >= 15 is 0 Å². The Hall–Kier alpha value is -2.92. The third-order valence-corrected chi connectivity index (χ3v) is 5.10. The van der Waals surface area contributed by atoms with Gasteiger partial charge in [0.05, 0.1) is 5.69 Å². The molecule has 3 aromatic rings. The number of aromatic nitrogens is 2. The molecule has 0 bridgehead atoms. The quantitative estimate of drug-likeness (QED) is 0.701. The van der Waals surface area contributed by atoms with Crippen molar-refractivity contribution in [2.24, 2.45) is 0 Å². The lowest BCUT2D eigenvalue weighted by Gasteiger charge is -2.25. The topological polar surface area (TPSA) is 67.1 Å². The highest BCUT2D eigenvalue weighted by Gasteiger charge is 2.24. The summed E-state index contributed by atoms with van der Waals surface area (Å²) in [5, 5.41) is 3.57. The van der Waals surface area contributed by atoms with Crippen molar-refractivity contribution in [2.45, 2.75) is 25.4 Å². The fourth-order valence-corrected chi connectivity index (χ4v) is 3.72. The maximum atomic E-state index is 5.73. The Balaban J connectivity index is 1.42. The Morgan fingerprint density at radius 3 is 2.81 bits per heavy atom. The first-order valence-electron chi connectivity index (χ1n) is 9.49. The van der Waals surface area contributed by atoms with Gasteiger partial charge in [-0.05, 0) is 49.2 Å². The average molecular weight is 359 g/mol. The zero-order valence-electron chi connectivity index (χ0n) is 15.4. The summed E-state index contributed by atoms with van der Waals surface area (Å²) in [6.45, 7) is 3.08. The van der Waals surface area contributed by atoms with E-state index in [4.69, 9.17) is 5.73 Å². The van der Waals surface area contributed by atoms with E-state index in [0.29, 0.717) is 12.0 Å². The molecule has 5 heteroatoms. The Labute approximate surface area is 160 Å². The monoisotopic (exact) mass is 359 g/mol. The smallest absolute Gasteiger partial charge is 0.220 e. The number of benzene rings is 2. The molecule has 0 aliphatic carbocycles. The predicted molar refractivity (Wildman–Crippen MR) is 110 cm³/mol. The van der Waals surface area contributed by atoms with Crippen molar-refractivity contribution in [3.8, 4) is 11.3 Å². The van der Waals surface area contributed by atoms with Crippen LogP contribution < -0.4 is 11.1 Å². The molecule has 1 aromatic heterocycles. The van der Waals surface area contributed by atoms with Crippen LogP contribution in [0.4, 0.5) is 11.6 Å². The zero-order chi connectivity index (χ0) is 18.5. The van der Waals surface area contributed by atoms with Crippen LogP contribution in [-0.4, -0.2) is 34.0 Å². The van der Waals surface area contributed by atoms with Crippen LogP contribution >= 0.6 is 0 Å². The van der Waals surface area contributed by atoms with Gasteiger partial charge in [0.2, 0.25) is 5.95 Å². The van der Waals surface area contributed by atoms with E-state index in [1.807, 2.05) is 12.1 Å². The Morgan fingerprint density at radius 1 is 1.07 bits per heavy atom. The lowest BCUT2D eigenvalue weighted by molar-refractivity contribution is 0.254. The van der Waals surface area contributed by atoms with Gasteiger partial charge >= 0.3 is 0 Å². The lowest BCUT2D eigenvalue weighted by atomic mass is 10.1. The van der Waals surface area contributed by atoms with E-state index < -0.39 is 0 Å². The molecule has 0 radical (unpaired) electrons. The van der Waals surface area contributed by atoms with Gasteiger partial charge in [0.1, 0.15) is 0 Å². The van der Waals surface area contributed by atoms with E-state index in [0.717, 1.165) is 30.9 Å². The number of nitrogens with two attached hydrogens (primary N) is 1. The number of nitrogens with zero attached hydrogens (tertiary/aromatic N) is 3. The van der Waals surface area contributed by atoms with Gasteiger partial charge in [-0.2, -0.15) is 0 Å². The van der Waals surface area contributed by atoms with Crippen molar-refractivity contribution in [1.29, 1.82) is 0 Å². The molecule has 1 unspecified atom stereocenters. The third-order valence-electron chi connectivity index (χ3n) is 5.10. The van der Waals surface area contributed by atoms with Gasteiger partial charge in [0.25, 0.3) is 0 Å². The molecular weight excluding hydrogens is 334 g/mol. The van der Waals surface area contributed by atoms with Crippen LogP contribution in [0, 0.1) is 0 Å². The number of nitrogens with one attached hydrogen (secondary N) is 1. The van der Waals surface area contributed by atoms with Crippen LogP contribution in [-0.2, 0) is 6.54 Å². The third kappa shape index (κ3) is 4.44. The summed E-state index contributed by atoms with van der Waals surface area (Å²) in [5.74, 6) is 0.310. The number of anilines is 2. The Morgan fingerprint density at radius 2 is 1.96 bits per heavy atom. The van der Waals surface area contributed by atoms with E-state index in [1.165, 1.54) is 24.1 Å². The summed E-state index contributed by atoms with van der Waals surface area (Å²) in [5.41, 5.74) is 10.2. The molecule has 1 aliphatic rings. The molecule has 1 saturated heterocycles. The predicted octanol–water partition coefficient (Wildman–Crippen LogP) is 3.80. The number of likely N-dealkylation sites (tertiary alicyclic amines) is 1. The van der Waals surface area contributed by atoms with Crippen LogP contribution in [0.15, 0.2) is 66.9 Å². The minimum atomic E-state index is 0.310. The molecule has 4 rings (SSSR count). The molecule has 2 heterocycles. The highest BCUT2D eigenvalue weighted by molar-refractivity contribution is 5.60. The van der Waals surface area contributed by atoms with Crippen LogP contribution in [0.2, 0.25) is 0 Å². The minimum Gasteiger partial charge on any atom is -0.383 e. The fourth-order valence-electron chi connectivity index (χ4n) is 3.72. The average Bonchev–Trinajstić information content (AvgIpc) is 3.14. The summed E-state index contributed by atoms with van der Waals surface area (Å²) in [4.78, 5) is 10.9. The lowest BCUT2D eigenvalue weighted by Crippen LogP contribution is -2.34. The van der Waals surface area contributed by atoms with E-state index in [9.17, 15) is 0 Å². The van der Waals surface area contributed by atoms with Crippen molar-refractivity contribution in [2.75, 3.05) is 24.1 Å². The van der Waals surface area contributed by atoms with Gasteiger partial charge in [-0.1, -0.05) is 36.4 Å². The molecule has 1 atom stereocenters. The summed E-state index contributed by atoms with van der Waals surface area (Å²) < 4.78 is 0. The first-order valence-corrected chi connectivity index (χ1v) is 9.49. The van der Waals surface area contributed by atoms with E-state index in [1.54, 1.807) is 6.20 Å². The summed E-state index contributed by atoms with van der Waals surface area (Å²) >= 11 is 0. The molecule has 1 fully saturated rings. The van der Waals surface area contributed by atoms with Crippen LogP contribution in [0.25, 0.3) is 11.3 Å². The molecular formula is C22H25N5. The number of hydrogen-bond acceptors (Lipinski definition) is 5. The van der Waals surface area contributed by atoms with E-state index in [-0.39, 0.29) is 0 Å². The fraction of sp³-hybridized carbons (Fsp3) is 0.273. The van der Waals surface area contributed by atoms with Gasteiger partial charge in [-0.15, -0.1) is 0 Å². The molecule has 0 amide bonds. The second-order valence-corrected chi connectivity index (χ2v) is 7.01. The van der Waals surface area contributed by atoms with Crippen LogP contribution in [0.5, 0.6) is 0 Å². The second-order valence-electron chi connectivity index (χ2n) is 7.01. The second kappa shape index (κ2) is 8.18. The van der Waals surface area contributed by atoms with Crippen molar-refractivity contribution < 1.29 is 0 Å². The molecule has 138 valence electrons. The Bertz CT molecular complexity index is 881. The summed E-state index contributed by atoms with van der Waals surface area (Å²) in [6.07, 6.45) is 4.20. The maximum Gasteiger partial charge on any atom is 0.220 e. The van der Waals surface area contributed by atoms with Crippen molar-refractivity contribution >= 4 is 11.6 Å². The molecule has 1 aliphatic heterocycles. The standard InChI is InChI=1S/C22H25N5/c23-22-24-12-11-21(26-22)18-7-4-6-17(14-18)16-27-13-5-10-20(27)15-25-19-8-2-1-3-9-19/h1-4,6-9,11-12,14,20,25H,5,10,13,15-16H2,(H2,23,24,26). The summed E-state index contributed by atoms with van der Waals surface area (Å²) in [7, 11) is 0. The SMILES string of the molecule is Nc1nccc(-c2cccc(CN3CCCC3CNc3ccccc3)c2)n1. The van der Waals surface area contributed by atoms with Gasteiger partial charge < -0.3 is 11.1 Å².